The molecule has 3 rings (SSSR count). The maximum Gasteiger partial charge on any atom is 0.330 e. The van der Waals surface area contributed by atoms with Gasteiger partial charge in [0.05, 0.1) is 11.1 Å². The van der Waals surface area contributed by atoms with Crippen LogP contribution < -0.4 is 5.32 Å². The van der Waals surface area contributed by atoms with Crippen LogP contribution in [0.2, 0.25) is 5.02 Å². The summed E-state index contributed by atoms with van der Waals surface area (Å²) in [6.07, 6.45) is 0. The molecule has 0 radical (unpaired) electrons. The molecule has 7 nitrogen and oxygen atoms in total. The Bertz CT molecular complexity index is 1190. The fourth-order valence-corrected chi connectivity index (χ4v) is 6.08. The Hall–Kier alpha value is -1.27. The lowest BCUT2D eigenvalue weighted by atomic mass is 10.0. The second-order valence-electron chi connectivity index (χ2n) is 7.74. The zero-order chi connectivity index (χ0) is 25.5. The number of nitrogens with one attached hydrogen (secondary N) is 1. The number of hydrogen-bond acceptors (Lipinski definition) is 5. The lowest BCUT2D eigenvalue weighted by molar-refractivity contribution is -0.152. The van der Waals surface area contributed by atoms with Crippen molar-refractivity contribution in [2.24, 2.45) is 5.92 Å². The van der Waals surface area contributed by atoms with Gasteiger partial charge in [-0.1, -0.05) is 31.5 Å². The largest absolute Gasteiger partial charge is 0.454 e. The smallest absolute Gasteiger partial charge is 0.330 e. The Morgan fingerprint density at radius 2 is 1.53 bits per heavy atom. The summed E-state index contributed by atoms with van der Waals surface area (Å²) in [6.45, 7) is 4.51. The Balaban J connectivity index is 1.81. The van der Waals surface area contributed by atoms with Gasteiger partial charge in [0, 0.05) is 28.6 Å². The predicted molar refractivity (Wildman–Crippen MR) is 142 cm³/mol. The van der Waals surface area contributed by atoms with Crippen molar-refractivity contribution < 1.29 is 23.9 Å². The van der Waals surface area contributed by atoms with Gasteiger partial charge in [0.1, 0.15) is 6.04 Å². The second-order valence-corrected chi connectivity index (χ2v) is 11.3. The minimum absolute atomic E-state index is 0.125. The van der Waals surface area contributed by atoms with E-state index in [1.807, 2.05) is 0 Å². The molecule has 1 N–H and O–H groups in total. The molecule has 0 spiro atoms. The molecule has 0 fully saturated rings. The summed E-state index contributed by atoms with van der Waals surface area (Å²) in [4.78, 5) is 52.8. The van der Waals surface area contributed by atoms with Crippen LogP contribution in [0.25, 0.3) is 0 Å². The molecule has 34 heavy (non-hydrogen) atoms. The van der Waals surface area contributed by atoms with Gasteiger partial charge in [-0.3, -0.25) is 19.3 Å². The fraction of sp³-hybridized carbons (Fsp3) is 0.273. The van der Waals surface area contributed by atoms with E-state index >= 15 is 0 Å². The summed E-state index contributed by atoms with van der Waals surface area (Å²) in [7, 11) is 0. The molecule has 180 valence electrons. The first-order valence-corrected chi connectivity index (χ1v) is 13.4. The highest BCUT2D eigenvalue weighted by atomic mass is 79.9. The molecule has 0 unspecified atom stereocenters. The highest BCUT2D eigenvalue weighted by Crippen LogP contribution is 2.46. The lowest BCUT2D eigenvalue weighted by Crippen LogP contribution is -2.49. The molecule has 12 heteroatoms. The second kappa shape index (κ2) is 10.8. The Morgan fingerprint density at radius 3 is 2.03 bits per heavy atom. The third kappa shape index (κ3) is 5.00. The Morgan fingerprint density at radius 1 is 1.00 bits per heavy atom. The van der Waals surface area contributed by atoms with E-state index in [-0.39, 0.29) is 11.1 Å². The van der Waals surface area contributed by atoms with Crippen LogP contribution in [-0.4, -0.2) is 41.2 Å². The van der Waals surface area contributed by atoms with Crippen molar-refractivity contribution >= 4 is 105 Å². The number of rotatable bonds is 6. The quantitative estimate of drug-likeness (QED) is 0.158. The monoisotopic (exact) mass is 740 g/mol. The summed E-state index contributed by atoms with van der Waals surface area (Å²) in [5.41, 5.74) is 1.41. The number of carbonyl (C=O) groups is 4. The number of ether oxygens (including phenoxy) is 1. The Labute approximate surface area is 234 Å². The van der Waals surface area contributed by atoms with Gasteiger partial charge in [-0.2, -0.15) is 0 Å². The number of halogens is 5. The van der Waals surface area contributed by atoms with Crippen LogP contribution in [0.15, 0.2) is 36.1 Å². The van der Waals surface area contributed by atoms with E-state index in [0.29, 0.717) is 34.2 Å². The summed E-state index contributed by atoms with van der Waals surface area (Å²) in [5.74, 6) is -3.21. The van der Waals surface area contributed by atoms with E-state index in [9.17, 15) is 19.2 Å². The van der Waals surface area contributed by atoms with Crippen molar-refractivity contribution in [2.45, 2.75) is 26.8 Å². The number of fused-ring (bicyclic) bond motifs is 1. The molecule has 1 aliphatic heterocycles. The molecule has 1 aliphatic rings. The van der Waals surface area contributed by atoms with Crippen molar-refractivity contribution in [1.29, 1.82) is 0 Å². The van der Waals surface area contributed by atoms with Crippen LogP contribution in [0.3, 0.4) is 0 Å². The van der Waals surface area contributed by atoms with Gasteiger partial charge in [-0.25, -0.2) is 4.79 Å². The van der Waals surface area contributed by atoms with Gasteiger partial charge in [-0.15, -0.1) is 0 Å². The van der Waals surface area contributed by atoms with Crippen molar-refractivity contribution in [3.8, 4) is 0 Å². The van der Waals surface area contributed by atoms with E-state index < -0.39 is 42.3 Å². The first-order valence-electron chi connectivity index (χ1n) is 9.83. The maximum atomic E-state index is 13.3. The van der Waals surface area contributed by atoms with Crippen LogP contribution in [0.5, 0.6) is 0 Å². The fourth-order valence-electron chi connectivity index (χ4n) is 3.45. The van der Waals surface area contributed by atoms with Gasteiger partial charge in [0.15, 0.2) is 6.61 Å². The van der Waals surface area contributed by atoms with Gasteiger partial charge >= 0.3 is 5.97 Å². The molecule has 1 heterocycles. The summed E-state index contributed by atoms with van der Waals surface area (Å²) in [6, 6.07) is 3.81. The Kier molecular flexibility index (Phi) is 8.66. The van der Waals surface area contributed by atoms with Crippen LogP contribution in [0.4, 0.5) is 5.69 Å². The average Bonchev–Trinajstić information content (AvgIpc) is 3.03. The molecule has 2 aromatic carbocycles. The SMILES string of the molecule is Cc1c(Cl)cccc1NC(=O)COC(=O)[C@@H](C(C)C)N1C(=O)c2c(Br)c(Br)c(Br)c(Br)c2C1=O. The third-order valence-electron chi connectivity index (χ3n) is 5.17. The molecule has 1 atom stereocenters. The third-order valence-corrected chi connectivity index (χ3v) is 10.3. The van der Waals surface area contributed by atoms with E-state index in [2.05, 4.69) is 69.0 Å². The number of carbonyl (C=O) groups excluding carboxylic acids is 4. The number of anilines is 1. The van der Waals surface area contributed by atoms with Crippen LogP contribution in [0, 0.1) is 12.8 Å². The van der Waals surface area contributed by atoms with Crippen LogP contribution >= 0.6 is 75.3 Å². The molecule has 0 aliphatic carbocycles. The highest BCUT2D eigenvalue weighted by Gasteiger charge is 2.47. The summed E-state index contributed by atoms with van der Waals surface area (Å²) in [5, 5.41) is 3.11. The van der Waals surface area contributed by atoms with E-state index in [1.165, 1.54) is 0 Å². The minimum atomic E-state index is -1.23. The number of nitrogens with zero attached hydrogens (tertiary/aromatic N) is 1. The average molecular weight is 744 g/mol. The normalized spacial score (nSPS) is 13.9. The van der Waals surface area contributed by atoms with Crippen molar-refractivity contribution in [1.82, 2.24) is 4.90 Å². The summed E-state index contributed by atoms with van der Waals surface area (Å²) < 4.78 is 7.05. The van der Waals surface area contributed by atoms with Crippen LogP contribution in [0.1, 0.15) is 40.1 Å². The van der Waals surface area contributed by atoms with Crippen molar-refractivity contribution in [2.75, 3.05) is 11.9 Å². The zero-order valence-electron chi connectivity index (χ0n) is 18.0. The standard InChI is InChI=1S/C22H17Br4ClN2O5/c1-8(2)19(22(33)34-7-12(30)28-11-6-4-5-10(27)9(11)3)29-20(31)13-14(21(29)32)16(24)18(26)17(25)15(13)23/h4-6,8,19H,7H2,1-3H3,(H,28,30)/t19-/m1/s1. The molecule has 3 amide bonds. The zero-order valence-corrected chi connectivity index (χ0v) is 25.1. The molecular weight excluding hydrogens is 727 g/mol. The lowest BCUT2D eigenvalue weighted by Gasteiger charge is -2.27. The maximum absolute atomic E-state index is 13.3. The van der Waals surface area contributed by atoms with Crippen molar-refractivity contribution in [3.05, 3.63) is 57.8 Å². The van der Waals surface area contributed by atoms with Gasteiger partial charge in [-0.05, 0) is 94.3 Å². The molecule has 2 aromatic rings. The molecule has 0 saturated carbocycles. The van der Waals surface area contributed by atoms with E-state index in [1.54, 1.807) is 39.0 Å². The number of benzene rings is 2. The van der Waals surface area contributed by atoms with Gasteiger partial charge in [0.25, 0.3) is 17.7 Å². The van der Waals surface area contributed by atoms with Gasteiger partial charge in [0.2, 0.25) is 0 Å². The minimum Gasteiger partial charge on any atom is -0.454 e. The van der Waals surface area contributed by atoms with Crippen molar-refractivity contribution in [3.63, 3.8) is 0 Å². The molecule has 0 saturated heterocycles. The van der Waals surface area contributed by atoms with Gasteiger partial charge < -0.3 is 10.1 Å². The molecule has 0 aromatic heterocycles. The number of esters is 1. The van der Waals surface area contributed by atoms with E-state index in [4.69, 9.17) is 16.3 Å². The number of imide groups is 1. The van der Waals surface area contributed by atoms with E-state index in [0.717, 1.165) is 4.90 Å². The summed E-state index contributed by atoms with van der Waals surface area (Å²) >= 11 is 19.5. The molecule has 0 bridgehead atoms. The highest BCUT2D eigenvalue weighted by molar-refractivity contribution is 9.15. The topological polar surface area (TPSA) is 92.8 Å². The number of amides is 3. The first-order chi connectivity index (χ1) is 15.9. The molecular formula is C22H17Br4ClN2O5. The van der Waals surface area contributed by atoms with Crippen LogP contribution in [-0.2, 0) is 14.3 Å². The first kappa shape index (κ1) is 27.3. The predicted octanol–water partition coefficient (Wildman–Crippen LogP) is 6.50. The number of hydrogen-bond donors (Lipinski definition) is 1.